The van der Waals surface area contributed by atoms with Gasteiger partial charge in [0.1, 0.15) is 11.4 Å². The Morgan fingerprint density at radius 2 is 2.15 bits per heavy atom. The molecule has 4 heteroatoms. The Balaban J connectivity index is 1.56. The zero-order valence-corrected chi connectivity index (χ0v) is 16.4. The molecule has 0 amide bonds. The molecule has 0 aliphatic heterocycles. The molecule has 3 saturated carbocycles. The number of fused-ring (bicyclic) bond motifs is 5. The Bertz CT molecular complexity index is 729. The third-order valence-corrected chi connectivity index (χ3v) is 8.24. The predicted octanol–water partition coefficient (Wildman–Crippen LogP) is 4.59. The zero-order chi connectivity index (χ0) is 19.2. The van der Waals surface area contributed by atoms with Crippen molar-refractivity contribution in [3.63, 3.8) is 0 Å². The Morgan fingerprint density at radius 3 is 2.85 bits per heavy atom. The van der Waals surface area contributed by atoms with Crippen LogP contribution < -0.4 is 0 Å². The summed E-state index contributed by atoms with van der Waals surface area (Å²) in [5, 5.41) is 11.2. The molecule has 27 heavy (non-hydrogen) atoms. The number of carbonyl (C=O) groups is 1. The van der Waals surface area contributed by atoms with E-state index in [0.29, 0.717) is 29.4 Å². The van der Waals surface area contributed by atoms with Crippen molar-refractivity contribution in [2.75, 3.05) is 7.11 Å². The number of methoxy groups -OCH3 is 1. The SMILES string of the molecule is C#C[C@]1(O)CC[C@H]2[C@@H]3CCC4=CC(OC(=O)OC)=CC[C@@H]4[C@H]3CC[C@@]21CC. The van der Waals surface area contributed by atoms with Crippen molar-refractivity contribution >= 4 is 6.16 Å². The van der Waals surface area contributed by atoms with E-state index in [2.05, 4.69) is 23.7 Å². The summed E-state index contributed by atoms with van der Waals surface area (Å²) in [6, 6.07) is 0. The number of allylic oxidation sites excluding steroid dienone is 3. The molecule has 4 nitrogen and oxygen atoms in total. The highest BCUT2D eigenvalue weighted by molar-refractivity contribution is 5.62. The Hall–Kier alpha value is -1.73. The second-order valence-corrected chi connectivity index (χ2v) is 8.79. The molecule has 0 saturated heterocycles. The molecule has 0 radical (unpaired) electrons. The van der Waals surface area contributed by atoms with Crippen LogP contribution in [-0.4, -0.2) is 24.0 Å². The fraction of sp³-hybridized carbons (Fsp3) is 0.696. The first-order chi connectivity index (χ1) is 13.0. The molecule has 4 aliphatic carbocycles. The molecule has 6 atom stereocenters. The van der Waals surface area contributed by atoms with Gasteiger partial charge in [0.05, 0.1) is 7.11 Å². The largest absolute Gasteiger partial charge is 0.513 e. The summed E-state index contributed by atoms with van der Waals surface area (Å²) in [6.07, 6.45) is 17.2. The van der Waals surface area contributed by atoms with Crippen LogP contribution in [0.25, 0.3) is 0 Å². The van der Waals surface area contributed by atoms with Gasteiger partial charge in [-0.25, -0.2) is 4.79 Å². The number of aliphatic hydroxyl groups is 1. The minimum absolute atomic E-state index is 0.103. The van der Waals surface area contributed by atoms with E-state index in [1.54, 1.807) is 0 Å². The molecular formula is C23H30O4. The van der Waals surface area contributed by atoms with Gasteiger partial charge in [-0.3, -0.25) is 0 Å². The van der Waals surface area contributed by atoms with Crippen molar-refractivity contribution in [2.45, 2.75) is 63.9 Å². The maximum Gasteiger partial charge on any atom is 0.513 e. The van der Waals surface area contributed by atoms with Crippen molar-refractivity contribution in [1.82, 2.24) is 0 Å². The lowest BCUT2D eigenvalue weighted by Gasteiger charge is -2.55. The number of carbonyl (C=O) groups excluding carboxylic acids is 1. The lowest BCUT2D eigenvalue weighted by atomic mass is 9.49. The van der Waals surface area contributed by atoms with Crippen LogP contribution in [0.2, 0.25) is 0 Å². The van der Waals surface area contributed by atoms with Crippen molar-refractivity contribution in [1.29, 1.82) is 0 Å². The monoisotopic (exact) mass is 370 g/mol. The van der Waals surface area contributed by atoms with Crippen LogP contribution >= 0.6 is 0 Å². The van der Waals surface area contributed by atoms with Gasteiger partial charge in [0.2, 0.25) is 0 Å². The van der Waals surface area contributed by atoms with E-state index in [1.165, 1.54) is 12.7 Å². The topological polar surface area (TPSA) is 55.8 Å². The molecule has 0 aromatic rings. The van der Waals surface area contributed by atoms with E-state index >= 15 is 0 Å². The quantitative estimate of drug-likeness (QED) is 0.570. The van der Waals surface area contributed by atoms with Crippen molar-refractivity contribution in [2.24, 2.45) is 29.1 Å². The summed E-state index contributed by atoms with van der Waals surface area (Å²) in [5.41, 5.74) is 0.377. The molecule has 0 spiro atoms. The Kier molecular flexibility index (Phi) is 4.63. The van der Waals surface area contributed by atoms with E-state index in [9.17, 15) is 9.90 Å². The summed E-state index contributed by atoms with van der Waals surface area (Å²) < 4.78 is 9.84. The summed E-state index contributed by atoms with van der Waals surface area (Å²) in [7, 11) is 1.33. The smallest absolute Gasteiger partial charge is 0.437 e. The summed E-state index contributed by atoms with van der Waals surface area (Å²) in [5.74, 6) is 5.75. The highest BCUT2D eigenvalue weighted by Crippen LogP contribution is 2.66. The van der Waals surface area contributed by atoms with Gasteiger partial charge < -0.3 is 14.6 Å². The molecule has 1 N–H and O–H groups in total. The van der Waals surface area contributed by atoms with E-state index < -0.39 is 11.8 Å². The minimum Gasteiger partial charge on any atom is -0.437 e. The predicted molar refractivity (Wildman–Crippen MR) is 102 cm³/mol. The third-order valence-electron chi connectivity index (χ3n) is 8.24. The molecular weight excluding hydrogens is 340 g/mol. The van der Waals surface area contributed by atoms with Gasteiger partial charge in [-0.1, -0.05) is 18.4 Å². The lowest BCUT2D eigenvalue weighted by Crippen LogP contribution is -2.53. The van der Waals surface area contributed by atoms with E-state index in [1.807, 2.05) is 6.08 Å². The first kappa shape index (κ1) is 18.6. The molecule has 0 bridgehead atoms. The van der Waals surface area contributed by atoms with E-state index in [-0.39, 0.29) is 5.41 Å². The number of terminal acetylenes is 1. The second-order valence-electron chi connectivity index (χ2n) is 8.79. The highest BCUT2D eigenvalue weighted by atomic mass is 16.7. The van der Waals surface area contributed by atoms with Crippen molar-refractivity contribution in [3.8, 4) is 12.3 Å². The maximum absolute atomic E-state index is 11.4. The van der Waals surface area contributed by atoms with Gasteiger partial charge in [-0.15, -0.1) is 6.42 Å². The molecule has 0 aromatic carbocycles. The average Bonchev–Trinajstić information content (AvgIpc) is 3.01. The number of hydrogen-bond acceptors (Lipinski definition) is 4. The standard InChI is InChI=1S/C23H30O4/c1-4-22-12-10-18-17-9-7-16(27-21(24)26-3)14-15(17)6-8-19(18)20(22)11-13-23(22,25)5-2/h2,7,14,17-20,25H,4,6,8-13H2,1,3H3/t17-,18+,19+,20-,22-,23-/m0/s1. The minimum atomic E-state index is -0.929. The van der Waals surface area contributed by atoms with Gasteiger partial charge in [0.25, 0.3) is 0 Å². The van der Waals surface area contributed by atoms with Gasteiger partial charge in [-0.05, 0) is 87.2 Å². The van der Waals surface area contributed by atoms with Gasteiger partial charge in [0, 0.05) is 5.41 Å². The Morgan fingerprint density at radius 1 is 1.33 bits per heavy atom. The summed E-state index contributed by atoms with van der Waals surface area (Å²) >= 11 is 0. The summed E-state index contributed by atoms with van der Waals surface area (Å²) in [4.78, 5) is 11.4. The number of hydrogen-bond donors (Lipinski definition) is 1. The zero-order valence-electron chi connectivity index (χ0n) is 16.4. The fourth-order valence-electron chi connectivity index (χ4n) is 7.00. The normalized spacial score (nSPS) is 42.6. The maximum atomic E-state index is 11.4. The number of rotatable bonds is 2. The highest BCUT2D eigenvalue weighted by Gasteiger charge is 2.63. The Labute approximate surface area is 162 Å². The molecule has 3 fully saturated rings. The third kappa shape index (κ3) is 2.66. The van der Waals surface area contributed by atoms with Crippen LogP contribution in [0, 0.1) is 41.4 Å². The molecule has 146 valence electrons. The molecule has 4 rings (SSSR count). The van der Waals surface area contributed by atoms with Crippen LogP contribution in [0.1, 0.15) is 58.3 Å². The van der Waals surface area contributed by atoms with Crippen molar-refractivity contribution in [3.05, 3.63) is 23.5 Å². The van der Waals surface area contributed by atoms with Crippen molar-refractivity contribution < 1.29 is 19.4 Å². The van der Waals surface area contributed by atoms with E-state index in [0.717, 1.165) is 51.4 Å². The second kappa shape index (κ2) is 6.71. The van der Waals surface area contributed by atoms with Crippen LogP contribution in [0.15, 0.2) is 23.5 Å². The first-order valence-corrected chi connectivity index (χ1v) is 10.3. The van der Waals surface area contributed by atoms with Crippen LogP contribution in [0.3, 0.4) is 0 Å². The first-order valence-electron chi connectivity index (χ1n) is 10.3. The van der Waals surface area contributed by atoms with Crippen LogP contribution in [-0.2, 0) is 9.47 Å². The molecule has 4 aliphatic rings. The van der Waals surface area contributed by atoms with Gasteiger partial charge in [0.15, 0.2) is 0 Å². The number of ether oxygens (including phenoxy) is 2. The summed E-state index contributed by atoms with van der Waals surface area (Å²) in [6.45, 7) is 2.20. The average molecular weight is 370 g/mol. The fourth-order valence-corrected chi connectivity index (χ4v) is 7.00. The lowest BCUT2D eigenvalue weighted by molar-refractivity contribution is -0.0984. The van der Waals surface area contributed by atoms with Gasteiger partial charge >= 0.3 is 6.16 Å². The molecule has 0 aromatic heterocycles. The van der Waals surface area contributed by atoms with Crippen LogP contribution in [0.5, 0.6) is 0 Å². The van der Waals surface area contributed by atoms with Crippen LogP contribution in [0.4, 0.5) is 4.79 Å². The molecule has 0 unspecified atom stereocenters. The van der Waals surface area contributed by atoms with Gasteiger partial charge in [-0.2, -0.15) is 0 Å². The van der Waals surface area contributed by atoms with E-state index in [4.69, 9.17) is 11.2 Å². The molecule has 0 heterocycles.